The molecule has 3 aliphatic rings. The standard InChI is InChI=1S/C23H34ClN5O2.HI/c1-17-5-6-19(24)14-20(17)29-8-7-18(16-29)15-26-23(25-2)28-11-9-27(10-12-28)22(30)21-4-3-13-31-21;/h5-6,14,18,21H,3-4,7-13,15-16H2,1-2H3,(H,25,26);1H. The van der Waals surface area contributed by atoms with E-state index >= 15 is 0 Å². The van der Waals surface area contributed by atoms with Crippen molar-refractivity contribution in [1.82, 2.24) is 15.1 Å². The zero-order valence-corrected chi connectivity index (χ0v) is 22.1. The first-order chi connectivity index (χ1) is 15.0. The van der Waals surface area contributed by atoms with Gasteiger partial charge in [-0.05, 0) is 49.8 Å². The van der Waals surface area contributed by atoms with Crippen LogP contribution in [0.25, 0.3) is 0 Å². The predicted molar refractivity (Wildman–Crippen MR) is 140 cm³/mol. The van der Waals surface area contributed by atoms with Crippen LogP contribution in [0.2, 0.25) is 5.02 Å². The van der Waals surface area contributed by atoms with Crippen LogP contribution in [0.1, 0.15) is 24.8 Å². The van der Waals surface area contributed by atoms with E-state index in [4.69, 9.17) is 16.3 Å². The van der Waals surface area contributed by atoms with Crippen molar-refractivity contribution in [2.75, 3.05) is 64.4 Å². The van der Waals surface area contributed by atoms with Crippen LogP contribution in [0.4, 0.5) is 5.69 Å². The second-order valence-corrected chi connectivity index (χ2v) is 9.21. The number of piperazine rings is 1. The monoisotopic (exact) mass is 575 g/mol. The molecule has 0 bridgehead atoms. The van der Waals surface area contributed by atoms with Crippen molar-refractivity contribution in [3.8, 4) is 0 Å². The highest BCUT2D eigenvalue weighted by molar-refractivity contribution is 14.0. The highest BCUT2D eigenvalue weighted by atomic mass is 127. The average molecular weight is 576 g/mol. The van der Waals surface area contributed by atoms with Crippen LogP contribution in [-0.2, 0) is 9.53 Å². The molecule has 1 amide bonds. The van der Waals surface area contributed by atoms with Gasteiger partial charge in [0.2, 0.25) is 0 Å². The highest BCUT2D eigenvalue weighted by Crippen LogP contribution is 2.29. The van der Waals surface area contributed by atoms with Gasteiger partial charge in [0.05, 0.1) is 0 Å². The van der Waals surface area contributed by atoms with E-state index in [1.54, 1.807) is 0 Å². The van der Waals surface area contributed by atoms with Gasteiger partial charge in [0.15, 0.2) is 5.96 Å². The summed E-state index contributed by atoms with van der Waals surface area (Å²) in [4.78, 5) is 23.7. The number of aryl methyl sites for hydroxylation is 1. The molecule has 3 saturated heterocycles. The third kappa shape index (κ3) is 5.99. The summed E-state index contributed by atoms with van der Waals surface area (Å²) in [5, 5.41) is 4.36. The molecule has 2 atom stereocenters. The number of anilines is 1. The fourth-order valence-electron chi connectivity index (χ4n) is 4.82. The summed E-state index contributed by atoms with van der Waals surface area (Å²) < 4.78 is 5.56. The first-order valence-corrected chi connectivity index (χ1v) is 11.8. The minimum absolute atomic E-state index is 0. The van der Waals surface area contributed by atoms with Crippen LogP contribution in [0.15, 0.2) is 23.2 Å². The zero-order valence-electron chi connectivity index (χ0n) is 19.1. The molecule has 0 radical (unpaired) electrons. The van der Waals surface area contributed by atoms with E-state index in [1.807, 2.05) is 18.0 Å². The molecular formula is C23H35ClIN5O2. The van der Waals surface area contributed by atoms with Gasteiger partial charge in [0.25, 0.3) is 5.91 Å². The number of benzene rings is 1. The van der Waals surface area contributed by atoms with Gasteiger partial charge in [0, 0.05) is 70.2 Å². The van der Waals surface area contributed by atoms with Gasteiger partial charge in [-0.25, -0.2) is 0 Å². The van der Waals surface area contributed by atoms with E-state index in [1.165, 1.54) is 11.3 Å². The second kappa shape index (κ2) is 11.7. The number of carbonyl (C=O) groups is 1. The van der Waals surface area contributed by atoms with Crippen LogP contribution in [-0.4, -0.2) is 87.2 Å². The number of hydrogen-bond donors (Lipinski definition) is 1. The van der Waals surface area contributed by atoms with Crippen molar-refractivity contribution in [2.24, 2.45) is 10.9 Å². The Hall–Kier alpha value is -1.26. The molecule has 3 heterocycles. The first kappa shape index (κ1) is 25.4. The molecule has 2 unspecified atom stereocenters. The first-order valence-electron chi connectivity index (χ1n) is 11.4. The topological polar surface area (TPSA) is 60.4 Å². The molecule has 0 saturated carbocycles. The number of carbonyl (C=O) groups excluding carboxylic acids is 1. The van der Waals surface area contributed by atoms with Crippen LogP contribution in [0.5, 0.6) is 0 Å². The number of rotatable bonds is 4. The maximum atomic E-state index is 12.6. The molecule has 0 spiro atoms. The molecule has 4 rings (SSSR count). The maximum Gasteiger partial charge on any atom is 0.251 e. The predicted octanol–water partition coefficient (Wildman–Crippen LogP) is 2.99. The van der Waals surface area contributed by atoms with Crippen LogP contribution < -0.4 is 10.2 Å². The molecule has 3 aliphatic heterocycles. The number of halogens is 2. The van der Waals surface area contributed by atoms with E-state index < -0.39 is 0 Å². The fraction of sp³-hybridized carbons (Fsp3) is 0.652. The van der Waals surface area contributed by atoms with E-state index in [2.05, 4.69) is 39.2 Å². The van der Waals surface area contributed by atoms with E-state index in [0.29, 0.717) is 12.5 Å². The van der Waals surface area contributed by atoms with E-state index in [-0.39, 0.29) is 36.0 Å². The molecule has 1 aromatic rings. The molecular weight excluding hydrogens is 541 g/mol. The van der Waals surface area contributed by atoms with Gasteiger partial charge < -0.3 is 24.8 Å². The molecule has 32 heavy (non-hydrogen) atoms. The van der Waals surface area contributed by atoms with Crippen molar-refractivity contribution in [3.63, 3.8) is 0 Å². The van der Waals surface area contributed by atoms with Crippen molar-refractivity contribution in [2.45, 2.75) is 32.3 Å². The zero-order chi connectivity index (χ0) is 21.8. The van der Waals surface area contributed by atoms with Gasteiger partial charge >= 0.3 is 0 Å². The normalized spacial score (nSPS) is 24.0. The van der Waals surface area contributed by atoms with Gasteiger partial charge in [0.1, 0.15) is 6.10 Å². The lowest BCUT2D eigenvalue weighted by atomic mass is 10.1. The lowest BCUT2D eigenvalue weighted by Crippen LogP contribution is -2.55. The number of guanidine groups is 1. The third-order valence-corrected chi connectivity index (χ3v) is 6.89. The smallest absolute Gasteiger partial charge is 0.251 e. The van der Waals surface area contributed by atoms with Gasteiger partial charge in [-0.2, -0.15) is 0 Å². The van der Waals surface area contributed by atoms with Crippen LogP contribution >= 0.6 is 35.6 Å². The molecule has 1 aromatic carbocycles. The van der Waals surface area contributed by atoms with Crippen molar-refractivity contribution >= 4 is 53.1 Å². The Labute approximate surface area is 213 Å². The minimum Gasteiger partial charge on any atom is -0.371 e. The SMILES string of the molecule is CN=C(NCC1CCN(c2cc(Cl)ccc2C)C1)N1CCN(C(=O)C2CCCO2)CC1.I. The number of ether oxygens (including phenoxy) is 1. The van der Waals surface area contributed by atoms with Crippen LogP contribution in [0, 0.1) is 12.8 Å². The highest BCUT2D eigenvalue weighted by Gasteiger charge is 2.31. The summed E-state index contributed by atoms with van der Waals surface area (Å²) in [7, 11) is 1.84. The maximum absolute atomic E-state index is 12.6. The molecule has 0 aromatic heterocycles. The number of aliphatic imine (C=N–C) groups is 1. The minimum atomic E-state index is -0.225. The van der Waals surface area contributed by atoms with Crippen LogP contribution in [0.3, 0.4) is 0 Å². The van der Waals surface area contributed by atoms with Crippen molar-refractivity contribution < 1.29 is 9.53 Å². The van der Waals surface area contributed by atoms with E-state index in [9.17, 15) is 4.79 Å². The Morgan fingerprint density at radius 3 is 2.62 bits per heavy atom. The number of nitrogens with zero attached hydrogens (tertiary/aromatic N) is 4. The van der Waals surface area contributed by atoms with Gasteiger partial charge in [-0.15, -0.1) is 24.0 Å². The third-order valence-electron chi connectivity index (χ3n) is 6.65. The Kier molecular flexibility index (Phi) is 9.31. The lowest BCUT2D eigenvalue weighted by Gasteiger charge is -2.37. The summed E-state index contributed by atoms with van der Waals surface area (Å²) in [6.07, 6.45) is 2.77. The van der Waals surface area contributed by atoms with E-state index in [0.717, 1.165) is 76.1 Å². The molecule has 3 fully saturated rings. The number of nitrogens with one attached hydrogen (secondary N) is 1. The summed E-state index contributed by atoms with van der Waals surface area (Å²) in [5.74, 6) is 1.65. The number of amides is 1. The Morgan fingerprint density at radius 2 is 1.94 bits per heavy atom. The fourth-order valence-corrected chi connectivity index (χ4v) is 4.99. The Bertz CT molecular complexity index is 810. The molecule has 1 N–H and O–H groups in total. The Balaban J connectivity index is 0.00000289. The number of hydrogen-bond acceptors (Lipinski definition) is 4. The second-order valence-electron chi connectivity index (χ2n) is 8.77. The lowest BCUT2D eigenvalue weighted by molar-refractivity contribution is -0.142. The molecule has 0 aliphatic carbocycles. The molecule has 178 valence electrons. The summed E-state index contributed by atoms with van der Waals surface area (Å²) in [5.41, 5.74) is 2.51. The van der Waals surface area contributed by atoms with Crippen molar-refractivity contribution in [3.05, 3.63) is 28.8 Å². The summed E-state index contributed by atoms with van der Waals surface area (Å²) in [6, 6.07) is 6.12. The van der Waals surface area contributed by atoms with Crippen molar-refractivity contribution in [1.29, 1.82) is 0 Å². The quantitative estimate of drug-likeness (QED) is 0.340. The largest absolute Gasteiger partial charge is 0.371 e. The summed E-state index contributed by atoms with van der Waals surface area (Å²) >= 11 is 6.21. The van der Waals surface area contributed by atoms with Gasteiger partial charge in [-0.1, -0.05) is 17.7 Å². The molecule has 7 nitrogen and oxygen atoms in total. The summed E-state index contributed by atoms with van der Waals surface area (Å²) in [6.45, 7) is 8.89. The average Bonchev–Trinajstić information content (AvgIpc) is 3.48. The van der Waals surface area contributed by atoms with Gasteiger partial charge in [-0.3, -0.25) is 9.79 Å². The molecule has 9 heteroatoms. The Morgan fingerprint density at radius 1 is 1.19 bits per heavy atom.